The second-order valence-electron chi connectivity index (χ2n) is 6.73. The number of carbonyl (C=O) groups excluding carboxylic acids is 1. The highest BCUT2D eigenvalue weighted by Gasteiger charge is 2.20. The molecule has 0 aliphatic heterocycles. The van der Waals surface area contributed by atoms with Gasteiger partial charge in [-0.05, 0) is 62.2 Å². The van der Waals surface area contributed by atoms with Gasteiger partial charge in [-0.1, -0.05) is 30.0 Å². The minimum absolute atomic E-state index is 0.179. The fraction of sp³-hybridized carbons (Fsp3) is 0.190. The van der Waals surface area contributed by atoms with Gasteiger partial charge in [0.25, 0.3) is 0 Å². The molecule has 4 rings (SSSR count). The van der Waals surface area contributed by atoms with E-state index in [2.05, 4.69) is 41.5 Å². The molecule has 0 saturated carbocycles. The minimum Gasteiger partial charge on any atom is -0.325 e. The summed E-state index contributed by atoms with van der Waals surface area (Å²) in [6.07, 6.45) is 0. The predicted octanol–water partition coefficient (Wildman–Crippen LogP) is 4.76. The number of aromatic nitrogens is 3. The summed E-state index contributed by atoms with van der Waals surface area (Å²) in [4.78, 5) is 12.6. The summed E-state index contributed by atoms with van der Waals surface area (Å²) < 4.78 is 15.0. The number of aryl methyl sites for hydroxylation is 2. The normalized spacial score (nSPS) is 12.4. The predicted molar refractivity (Wildman–Crippen MR) is 110 cm³/mol. The maximum absolute atomic E-state index is 13.0. The molecule has 0 fully saturated rings. The van der Waals surface area contributed by atoms with Gasteiger partial charge in [-0.25, -0.2) is 4.39 Å². The molecule has 0 spiro atoms. The molecule has 0 unspecified atom stereocenters. The standard InChI is InChI=1S/C21H19FN4OS/c1-12-5-4-6-17-13(2)11-18-24-25-21(26(18)19(12)17)28-14(3)20(27)23-16-9-7-15(22)8-10-16/h4-11,14H,1-3H3,(H,23,27)/t14-/m0/s1. The first-order chi connectivity index (χ1) is 13.4. The van der Waals surface area contributed by atoms with Crippen LogP contribution in [-0.4, -0.2) is 25.8 Å². The van der Waals surface area contributed by atoms with Gasteiger partial charge in [0.2, 0.25) is 5.91 Å². The van der Waals surface area contributed by atoms with Gasteiger partial charge in [0.1, 0.15) is 5.82 Å². The quantitative estimate of drug-likeness (QED) is 0.507. The number of pyridine rings is 1. The number of nitrogens with zero attached hydrogens (tertiary/aromatic N) is 3. The van der Waals surface area contributed by atoms with Gasteiger partial charge < -0.3 is 5.32 Å². The number of halogens is 1. The lowest BCUT2D eigenvalue weighted by atomic mass is 10.1. The molecule has 0 aliphatic rings. The second kappa shape index (κ2) is 7.24. The van der Waals surface area contributed by atoms with E-state index in [0.717, 1.165) is 27.7 Å². The van der Waals surface area contributed by atoms with Crippen LogP contribution in [-0.2, 0) is 4.79 Å². The lowest BCUT2D eigenvalue weighted by Crippen LogP contribution is -2.22. The van der Waals surface area contributed by atoms with Crippen LogP contribution in [0.4, 0.5) is 10.1 Å². The fourth-order valence-electron chi connectivity index (χ4n) is 3.20. The second-order valence-corrected chi connectivity index (χ2v) is 8.04. The van der Waals surface area contributed by atoms with Crippen LogP contribution in [0.25, 0.3) is 16.6 Å². The largest absolute Gasteiger partial charge is 0.325 e. The van der Waals surface area contributed by atoms with Crippen molar-refractivity contribution in [3.63, 3.8) is 0 Å². The van der Waals surface area contributed by atoms with Crippen molar-refractivity contribution >= 4 is 39.9 Å². The van der Waals surface area contributed by atoms with E-state index in [1.54, 1.807) is 0 Å². The van der Waals surface area contributed by atoms with Crippen molar-refractivity contribution in [1.29, 1.82) is 0 Å². The van der Waals surface area contributed by atoms with Gasteiger partial charge in [0.05, 0.1) is 10.8 Å². The maximum Gasteiger partial charge on any atom is 0.237 e. The number of carbonyl (C=O) groups is 1. The van der Waals surface area contributed by atoms with Crippen molar-refractivity contribution in [2.45, 2.75) is 31.2 Å². The van der Waals surface area contributed by atoms with Gasteiger partial charge >= 0.3 is 0 Å². The van der Waals surface area contributed by atoms with Crippen LogP contribution in [0.15, 0.2) is 53.7 Å². The summed E-state index contributed by atoms with van der Waals surface area (Å²) in [5.41, 5.74) is 4.62. The average Bonchev–Trinajstić information content (AvgIpc) is 3.06. The third kappa shape index (κ3) is 3.33. The zero-order chi connectivity index (χ0) is 19.8. The van der Waals surface area contributed by atoms with Gasteiger partial charge in [0.15, 0.2) is 10.8 Å². The highest BCUT2D eigenvalue weighted by molar-refractivity contribution is 8.00. The lowest BCUT2D eigenvalue weighted by Gasteiger charge is -2.13. The summed E-state index contributed by atoms with van der Waals surface area (Å²) in [6.45, 7) is 5.93. The molecule has 0 bridgehead atoms. The number of para-hydroxylation sites is 1. The van der Waals surface area contributed by atoms with Crippen molar-refractivity contribution in [3.05, 3.63) is 65.5 Å². The Hall–Kier alpha value is -2.93. The van der Waals surface area contributed by atoms with Crippen LogP contribution < -0.4 is 5.32 Å². The monoisotopic (exact) mass is 394 g/mol. The van der Waals surface area contributed by atoms with E-state index in [1.807, 2.05) is 23.5 Å². The SMILES string of the molecule is Cc1cc2nnc(S[C@@H](C)C(=O)Nc3ccc(F)cc3)n2c2c(C)cccc12. The smallest absolute Gasteiger partial charge is 0.237 e. The van der Waals surface area contributed by atoms with Crippen molar-refractivity contribution in [2.75, 3.05) is 5.32 Å². The number of thioether (sulfide) groups is 1. The number of amides is 1. The Labute approximate surface area is 166 Å². The third-order valence-electron chi connectivity index (χ3n) is 4.65. The number of hydrogen-bond acceptors (Lipinski definition) is 4. The number of anilines is 1. The van der Waals surface area contributed by atoms with E-state index in [4.69, 9.17) is 0 Å². The summed E-state index contributed by atoms with van der Waals surface area (Å²) in [5.74, 6) is -0.519. The van der Waals surface area contributed by atoms with Gasteiger partial charge in [-0.3, -0.25) is 9.20 Å². The van der Waals surface area contributed by atoms with Crippen LogP contribution in [0.3, 0.4) is 0 Å². The molecule has 142 valence electrons. The number of rotatable bonds is 4. The molecule has 4 aromatic rings. The topological polar surface area (TPSA) is 59.3 Å². The molecule has 0 radical (unpaired) electrons. The Balaban J connectivity index is 1.66. The van der Waals surface area contributed by atoms with Gasteiger partial charge in [0, 0.05) is 11.1 Å². The summed E-state index contributed by atoms with van der Waals surface area (Å²) in [6, 6.07) is 13.9. The number of fused-ring (bicyclic) bond motifs is 3. The summed E-state index contributed by atoms with van der Waals surface area (Å²) in [7, 11) is 0. The average molecular weight is 394 g/mol. The molecule has 0 aliphatic carbocycles. The van der Waals surface area contributed by atoms with Gasteiger partial charge in [-0.2, -0.15) is 0 Å². The zero-order valence-electron chi connectivity index (χ0n) is 15.7. The molecule has 5 nitrogen and oxygen atoms in total. The minimum atomic E-state index is -0.405. The fourth-order valence-corrected chi connectivity index (χ4v) is 4.06. The number of nitrogens with one attached hydrogen (secondary N) is 1. The van der Waals surface area contributed by atoms with Crippen molar-refractivity contribution < 1.29 is 9.18 Å². The maximum atomic E-state index is 13.0. The summed E-state index contributed by atoms with van der Waals surface area (Å²) in [5, 5.41) is 12.8. The van der Waals surface area contributed by atoms with E-state index in [0.29, 0.717) is 10.8 Å². The van der Waals surface area contributed by atoms with Crippen LogP contribution in [0.2, 0.25) is 0 Å². The first kappa shape index (κ1) is 18.4. The van der Waals surface area contributed by atoms with E-state index in [-0.39, 0.29) is 11.7 Å². The molecule has 2 heterocycles. The third-order valence-corrected chi connectivity index (χ3v) is 5.70. The van der Waals surface area contributed by atoms with Crippen molar-refractivity contribution in [3.8, 4) is 0 Å². The molecule has 0 saturated heterocycles. The Morgan fingerprint density at radius 2 is 1.86 bits per heavy atom. The lowest BCUT2D eigenvalue weighted by molar-refractivity contribution is -0.115. The number of benzene rings is 2. The van der Waals surface area contributed by atoms with Crippen molar-refractivity contribution in [2.24, 2.45) is 0 Å². The van der Waals surface area contributed by atoms with E-state index < -0.39 is 5.25 Å². The highest BCUT2D eigenvalue weighted by atomic mass is 32.2. The molecule has 1 atom stereocenters. The van der Waals surface area contributed by atoms with E-state index in [1.165, 1.54) is 36.0 Å². The van der Waals surface area contributed by atoms with Crippen LogP contribution in [0.5, 0.6) is 0 Å². The van der Waals surface area contributed by atoms with Crippen LogP contribution >= 0.6 is 11.8 Å². The first-order valence-electron chi connectivity index (χ1n) is 8.91. The molecule has 28 heavy (non-hydrogen) atoms. The van der Waals surface area contributed by atoms with Crippen LogP contribution in [0, 0.1) is 19.7 Å². The molecular weight excluding hydrogens is 375 g/mol. The van der Waals surface area contributed by atoms with Gasteiger partial charge in [-0.15, -0.1) is 10.2 Å². The Morgan fingerprint density at radius 3 is 2.61 bits per heavy atom. The highest BCUT2D eigenvalue weighted by Crippen LogP contribution is 2.30. The van der Waals surface area contributed by atoms with E-state index >= 15 is 0 Å². The summed E-state index contributed by atoms with van der Waals surface area (Å²) >= 11 is 1.34. The van der Waals surface area contributed by atoms with Crippen LogP contribution in [0.1, 0.15) is 18.1 Å². The molecule has 1 amide bonds. The number of hydrogen-bond donors (Lipinski definition) is 1. The molecule has 1 N–H and O–H groups in total. The molecule has 7 heteroatoms. The Bertz CT molecular complexity index is 1190. The Morgan fingerprint density at radius 1 is 1.11 bits per heavy atom. The Kier molecular flexibility index (Phi) is 4.77. The van der Waals surface area contributed by atoms with Crippen molar-refractivity contribution in [1.82, 2.24) is 14.6 Å². The zero-order valence-corrected chi connectivity index (χ0v) is 16.5. The van der Waals surface area contributed by atoms with E-state index in [9.17, 15) is 9.18 Å². The first-order valence-corrected chi connectivity index (χ1v) is 9.79. The molecular formula is C21H19FN4OS. The molecule has 2 aromatic heterocycles. The molecule has 2 aromatic carbocycles.